The van der Waals surface area contributed by atoms with Gasteiger partial charge in [0.05, 0.1) is 71.9 Å². The molecule has 7 nitrogen and oxygen atoms in total. The van der Waals surface area contributed by atoms with Crippen molar-refractivity contribution < 1.29 is 4.42 Å². The molecule has 15 aromatic carbocycles. The van der Waals surface area contributed by atoms with Gasteiger partial charge in [-0.05, 0) is 270 Å². The highest BCUT2D eigenvalue weighted by Crippen LogP contribution is 2.55. The van der Waals surface area contributed by atoms with Crippen molar-refractivity contribution in [3.05, 3.63) is 311 Å². The van der Waals surface area contributed by atoms with E-state index in [0.29, 0.717) is 0 Å². The highest BCUT2D eigenvalue weighted by molar-refractivity contribution is 6.32. The second-order valence-corrected chi connectivity index (χ2v) is 47.3. The Kier molecular flexibility index (Phi) is 17.0. The minimum Gasteiger partial charge on any atom is -0.454 e. The summed E-state index contributed by atoms with van der Waals surface area (Å²) in [5.74, 6) is 0.243. The van der Waals surface area contributed by atoms with Gasteiger partial charge < -0.3 is 31.8 Å². The van der Waals surface area contributed by atoms with Crippen LogP contribution in [0.1, 0.15) is 235 Å². The molecule has 0 spiro atoms. The topological polar surface area (TPSA) is 37.3 Å². The fourth-order valence-corrected chi connectivity index (χ4v) is 23.0. The summed E-state index contributed by atoms with van der Waals surface area (Å²) >= 11 is 0. The maximum Gasteiger partial charge on any atom is 0.159 e. The molecule has 132 heavy (non-hydrogen) atoms. The van der Waals surface area contributed by atoms with Crippen molar-refractivity contribution in [1.29, 1.82) is 0 Å². The first kappa shape index (κ1) is 82.1. The first-order chi connectivity index (χ1) is 62.5. The second kappa shape index (κ2) is 27.3. The van der Waals surface area contributed by atoms with E-state index in [0.717, 1.165) is 68.9 Å². The minimum absolute atomic E-state index is 0.00257. The summed E-state index contributed by atoms with van der Waals surface area (Å²) in [5.41, 5.74) is 34.7. The van der Waals surface area contributed by atoms with Crippen LogP contribution in [-0.4, -0.2) is 17.6 Å². The van der Waals surface area contributed by atoms with Crippen molar-refractivity contribution in [2.24, 2.45) is 0 Å². The van der Waals surface area contributed by atoms with Gasteiger partial charge in [0.25, 0.3) is 0 Å². The lowest BCUT2D eigenvalue weighted by Gasteiger charge is -2.28. The summed E-state index contributed by atoms with van der Waals surface area (Å²) in [6, 6.07) is 103. The predicted octanol–water partition coefficient (Wildman–Crippen LogP) is 36.1. The van der Waals surface area contributed by atoms with E-state index in [1.165, 1.54) is 202 Å². The molecule has 0 aliphatic carbocycles. The Hall–Kier alpha value is -13.1. The van der Waals surface area contributed by atoms with Crippen LogP contribution < -0.4 is 9.80 Å². The maximum absolute atomic E-state index is 7.42. The van der Waals surface area contributed by atoms with Crippen molar-refractivity contribution in [3.63, 3.8) is 0 Å². The summed E-state index contributed by atoms with van der Waals surface area (Å²) in [5, 5.41) is 23.0. The molecule has 0 saturated heterocycles. The van der Waals surface area contributed by atoms with Crippen LogP contribution >= 0.6 is 0 Å². The number of nitrogens with zero attached hydrogens (tertiary/aromatic N) is 6. The van der Waals surface area contributed by atoms with Crippen LogP contribution in [0.15, 0.2) is 265 Å². The van der Waals surface area contributed by atoms with Gasteiger partial charge in [0.1, 0.15) is 5.58 Å². The van der Waals surface area contributed by atoms with E-state index in [-0.39, 0.29) is 49.2 Å². The van der Waals surface area contributed by atoms with E-state index in [9.17, 15) is 0 Å². The molecular weight excluding hydrogens is 1600 g/mol. The third-order valence-electron chi connectivity index (χ3n) is 30.9. The van der Waals surface area contributed by atoms with Gasteiger partial charge in [-0.2, -0.15) is 0 Å². The number of furan rings is 1. The zero-order valence-electron chi connectivity index (χ0n) is 81.4. The van der Waals surface area contributed by atoms with E-state index in [4.69, 9.17) is 4.42 Å². The highest BCUT2D eigenvalue weighted by Gasteiger charge is 2.35. The van der Waals surface area contributed by atoms with Crippen LogP contribution in [-0.2, 0) is 43.3 Å². The summed E-state index contributed by atoms with van der Waals surface area (Å²) in [4.78, 5) is 4.93. The monoisotopic (exact) mass is 1720 g/mol. The van der Waals surface area contributed by atoms with E-state index in [1.54, 1.807) is 0 Å². The average Bonchev–Trinajstić information content (AvgIpc) is 1.51. The highest BCUT2D eigenvalue weighted by atomic mass is 16.3. The standard InChI is InChI=1S/C125H120N6O/c1-70(52-53-125(23,24)78-62-95-85-48-46-82(126(79-30-26-25-27-31-79)80-44-38-72(39-45-80)118(2,3)4)64-106(85)130-111-69-91-100-61-77(123(17,18)19)58-97-89-55-74(120(8,9)10)41-51-104(89)129(115(97)100)109(91)67-93(111)101(63-78)113(95)130)71-36-42-81(43-37-71)127(105-35-29-33-87-86-32-28-34-102(124(20,21)22)116(86)132-117(87)105)83-47-49-84-94-56-75(121(11,12)13)59-98-92-66-108-90(68-110(92)131(112(94)98)107(84)65-83)99-60-76(122(14,15)16)57-96-88-54-73(119(5,6)7)40-50-103(88)128(108)114(96)99/h25-51,54-70H,52-53H2,1-24H3. The van der Waals surface area contributed by atoms with E-state index >= 15 is 0 Å². The first-order valence-corrected chi connectivity index (χ1v) is 48.2. The Morgan fingerprint density at radius 2 is 0.561 bits per heavy atom. The molecule has 1 unspecified atom stereocenters. The number of aromatic nitrogens is 4. The van der Waals surface area contributed by atoms with Crippen LogP contribution in [0.2, 0.25) is 0 Å². The molecule has 9 heterocycles. The molecule has 0 amide bonds. The van der Waals surface area contributed by atoms with Crippen LogP contribution in [0.25, 0.3) is 174 Å². The Balaban J connectivity index is 0.650. The lowest BCUT2D eigenvalue weighted by Crippen LogP contribution is -2.18. The van der Waals surface area contributed by atoms with E-state index in [1.807, 2.05) is 0 Å². The summed E-state index contributed by atoms with van der Waals surface area (Å²) in [7, 11) is 0. The van der Waals surface area contributed by atoms with Crippen molar-refractivity contribution in [1.82, 2.24) is 17.6 Å². The number of fused-ring (bicyclic) bond motifs is 27. The summed E-state index contributed by atoms with van der Waals surface area (Å²) in [6.45, 7) is 56.6. The quantitative estimate of drug-likeness (QED) is 0.130. The Labute approximate surface area is 774 Å². The van der Waals surface area contributed by atoms with Crippen LogP contribution in [0.3, 0.4) is 0 Å². The van der Waals surface area contributed by atoms with Crippen molar-refractivity contribution >= 4 is 208 Å². The number of anilines is 6. The third kappa shape index (κ3) is 12.1. The van der Waals surface area contributed by atoms with Gasteiger partial charge in [-0.3, -0.25) is 0 Å². The fraction of sp³-hybridized carbons (Fsp3) is 0.280. The number of para-hydroxylation sites is 3. The zero-order chi connectivity index (χ0) is 91.7. The predicted molar refractivity (Wildman–Crippen MR) is 570 cm³/mol. The number of hydrogen-bond acceptors (Lipinski definition) is 3. The van der Waals surface area contributed by atoms with Crippen molar-refractivity contribution in [3.8, 4) is 0 Å². The van der Waals surface area contributed by atoms with Gasteiger partial charge in [0.15, 0.2) is 5.58 Å². The lowest BCUT2D eigenvalue weighted by atomic mass is 9.77. The number of rotatable bonds is 11. The molecular formula is C125H120N6O. The van der Waals surface area contributed by atoms with Gasteiger partial charge >= 0.3 is 0 Å². The Morgan fingerprint density at radius 1 is 0.235 bits per heavy atom. The number of benzene rings is 15. The van der Waals surface area contributed by atoms with Crippen molar-refractivity contribution in [2.45, 2.75) is 228 Å². The smallest absolute Gasteiger partial charge is 0.159 e. The molecule has 24 aromatic rings. The molecule has 0 bridgehead atoms. The van der Waals surface area contributed by atoms with Crippen LogP contribution in [0, 0.1) is 0 Å². The van der Waals surface area contributed by atoms with Crippen LogP contribution in [0.4, 0.5) is 34.1 Å². The third-order valence-corrected chi connectivity index (χ3v) is 30.9. The summed E-state index contributed by atoms with van der Waals surface area (Å²) in [6.07, 6.45) is 1.96. The van der Waals surface area contributed by atoms with Gasteiger partial charge in [0, 0.05) is 131 Å². The molecule has 656 valence electrons. The zero-order valence-corrected chi connectivity index (χ0v) is 81.4. The first-order valence-electron chi connectivity index (χ1n) is 48.2. The molecule has 0 aliphatic heterocycles. The summed E-state index contributed by atoms with van der Waals surface area (Å²) < 4.78 is 17.9. The Bertz CT molecular complexity index is 8950. The molecule has 0 aliphatic rings. The van der Waals surface area contributed by atoms with E-state index in [2.05, 4.69) is 454 Å². The van der Waals surface area contributed by atoms with Gasteiger partial charge in [0.2, 0.25) is 0 Å². The van der Waals surface area contributed by atoms with Gasteiger partial charge in [-0.15, -0.1) is 0 Å². The van der Waals surface area contributed by atoms with Gasteiger partial charge in [-0.25, -0.2) is 0 Å². The van der Waals surface area contributed by atoms with Crippen LogP contribution in [0.5, 0.6) is 0 Å². The fourth-order valence-electron chi connectivity index (χ4n) is 23.0. The molecule has 0 radical (unpaired) electrons. The molecule has 9 aromatic heterocycles. The lowest BCUT2D eigenvalue weighted by molar-refractivity contribution is 0.440. The molecule has 0 fully saturated rings. The Morgan fingerprint density at radius 3 is 0.977 bits per heavy atom. The number of hydrogen-bond donors (Lipinski definition) is 0. The maximum atomic E-state index is 7.42. The SMILES string of the molecule is CC(CCC(C)(C)c1cc2c3ccc(N(c4ccccc4)c4ccc(C(C)(C)C)cc4)cc3n3c4cc5c6cc(C(C)(C)C)cc7c8cc(C(C)(C)C)ccc8n(c5cc4c(c1)c23)c76)c1ccc(N(c2ccc3c4cc(C(C)(C)C)cc5c6cc7c(cc6n(c3c2)c45)c2cc(C(C)(C)C)cc3c4cc(C(C)(C)C)ccc4n7c32)c2cccc3c2oc2c(C(C)(C)C)cccc23)cc1. The van der Waals surface area contributed by atoms with E-state index < -0.39 is 0 Å². The molecule has 7 heteroatoms. The molecule has 0 N–H and O–H groups in total. The van der Waals surface area contributed by atoms with Gasteiger partial charge in [-0.1, -0.05) is 263 Å². The molecule has 1 atom stereocenters. The second-order valence-electron chi connectivity index (χ2n) is 47.3. The molecule has 0 saturated carbocycles. The molecule has 24 rings (SSSR count). The minimum atomic E-state index is -0.225. The normalized spacial score (nSPS) is 13.9. The van der Waals surface area contributed by atoms with Crippen molar-refractivity contribution in [2.75, 3.05) is 9.80 Å². The largest absolute Gasteiger partial charge is 0.454 e. The average molecular weight is 1720 g/mol.